The standard InChI is InChI=1S/C16H18O4S2.C11H14O3S2.C9H12O2.C8H11NO2.C8H10O2S.C3H6OS2.K/c1-17-11-5-12(18-2)8-15(7-11)21-22-16-9-13(19-3)6-14(10-16)20-4;1-4-14-11(15)16-10-6-8(12-2)5-9(7-10)13-3;1-7-4-8(10-2)6-9(5-7)11-3;1-10-7-3-6(9)4-8(5-7)11-2;1-9-6-3-7(10-2)5-8(11)4-6;1-2-4-3(5)6;/h5-10H,1-4H3;5-7H,4H2,1-3H3;4-6H,1-3H3;3-5H,9H2,1-2H3;3-5,11H,1-2H3;2H2,1H3,(H,5,6);/q;;;;;;+1/p-1. The van der Waals surface area contributed by atoms with Gasteiger partial charge >= 0.3 is 51.4 Å². The van der Waals surface area contributed by atoms with Gasteiger partial charge in [-0.2, -0.15) is 0 Å². The predicted molar refractivity (Wildman–Crippen MR) is 327 cm³/mol. The van der Waals surface area contributed by atoms with Crippen molar-refractivity contribution in [2.45, 2.75) is 40.4 Å². The third-order valence-corrected chi connectivity index (χ3v) is 13.1. The molecule has 0 saturated heterocycles. The summed E-state index contributed by atoms with van der Waals surface area (Å²) in [6.07, 6.45) is 0. The largest absolute Gasteiger partial charge is 1.00 e. The van der Waals surface area contributed by atoms with Gasteiger partial charge in [0.1, 0.15) is 69.0 Å². The molecule has 422 valence electrons. The van der Waals surface area contributed by atoms with Crippen LogP contribution in [-0.2, 0) is 22.1 Å². The zero-order chi connectivity index (χ0) is 57.7. The van der Waals surface area contributed by atoms with Crippen LogP contribution >= 0.6 is 70.4 Å². The molecule has 0 aliphatic carbocycles. The van der Waals surface area contributed by atoms with Crippen molar-refractivity contribution in [1.82, 2.24) is 0 Å². The van der Waals surface area contributed by atoms with Crippen molar-refractivity contribution in [3.63, 3.8) is 0 Å². The third-order valence-electron chi connectivity index (χ3n) is 9.14. The molecule has 0 heterocycles. The Morgan fingerprint density at radius 3 is 0.897 bits per heavy atom. The number of hydrogen-bond donors (Lipinski definition) is 2. The number of methoxy groups -OCH3 is 12. The number of thiocarbonyl (C=S) groups is 2. The van der Waals surface area contributed by atoms with E-state index in [-0.39, 0.29) is 55.8 Å². The van der Waals surface area contributed by atoms with Gasteiger partial charge < -0.3 is 96.9 Å². The Balaban J connectivity index is 0.000000948. The van der Waals surface area contributed by atoms with Crippen LogP contribution < -0.4 is 114 Å². The Labute approximate surface area is 537 Å². The van der Waals surface area contributed by atoms with E-state index in [1.54, 1.807) is 131 Å². The van der Waals surface area contributed by atoms with Gasteiger partial charge in [-0.15, -0.1) is 12.6 Å². The number of rotatable bonds is 18. The van der Waals surface area contributed by atoms with Gasteiger partial charge in [-0.25, -0.2) is 0 Å². The zero-order valence-corrected chi connectivity index (χ0v) is 55.9. The van der Waals surface area contributed by atoms with Gasteiger partial charge in [0.05, 0.1) is 98.5 Å². The summed E-state index contributed by atoms with van der Waals surface area (Å²) in [4.78, 5) is 3.86. The summed E-state index contributed by atoms with van der Waals surface area (Å²) in [7, 11) is 22.7. The average molecular weight is 1230 g/mol. The van der Waals surface area contributed by atoms with Crippen molar-refractivity contribution in [2.24, 2.45) is 0 Å². The second-order valence-corrected chi connectivity index (χ2v) is 19.9. The molecule has 0 fully saturated rings. The molecule has 0 aliphatic rings. The molecular weight excluding hydrogens is 1160 g/mol. The van der Waals surface area contributed by atoms with E-state index in [0.717, 1.165) is 82.6 Å². The van der Waals surface area contributed by atoms with E-state index in [1.165, 1.54) is 11.8 Å². The first kappa shape index (κ1) is 73.8. The fourth-order valence-corrected chi connectivity index (χ4v) is 9.15. The summed E-state index contributed by atoms with van der Waals surface area (Å²) in [6.45, 7) is 6.91. The van der Waals surface area contributed by atoms with Crippen LogP contribution in [0.15, 0.2) is 129 Å². The van der Waals surface area contributed by atoms with Crippen molar-refractivity contribution >= 4 is 97.5 Å². The average Bonchev–Trinajstić information content (AvgIpc) is 3.44. The summed E-state index contributed by atoms with van der Waals surface area (Å²) < 4.78 is 72.0. The minimum atomic E-state index is 0. The van der Waals surface area contributed by atoms with Gasteiger partial charge in [0, 0.05) is 78.2 Å². The van der Waals surface area contributed by atoms with Crippen molar-refractivity contribution in [3.05, 3.63) is 115 Å². The number of nitrogens with two attached hydrogens (primary N) is 1. The van der Waals surface area contributed by atoms with Gasteiger partial charge in [0.25, 0.3) is 0 Å². The maximum Gasteiger partial charge on any atom is 1.00 e. The van der Waals surface area contributed by atoms with Crippen molar-refractivity contribution < 1.29 is 118 Å². The van der Waals surface area contributed by atoms with Crippen LogP contribution in [0.5, 0.6) is 69.0 Å². The number of thioether (sulfide) groups is 1. The smallest absolute Gasteiger partial charge is 0.514 e. The number of hydrogen-bond acceptors (Lipinski definition) is 22. The summed E-state index contributed by atoms with van der Waals surface area (Å²) in [5.41, 5.74) is 7.33. The molecule has 6 aromatic carbocycles. The van der Waals surface area contributed by atoms with Gasteiger partial charge in [0.2, 0.25) is 4.38 Å². The quantitative estimate of drug-likeness (QED) is 0.0159. The molecule has 0 amide bonds. The van der Waals surface area contributed by atoms with Crippen LogP contribution in [0.2, 0.25) is 0 Å². The van der Waals surface area contributed by atoms with Crippen molar-refractivity contribution in [1.29, 1.82) is 0 Å². The van der Waals surface area contributed by atoms with Crippen LogP contribution in [0.25, 0.3) is 0 Å². The Bertz CT molecular complexity index is 2360. The van der Waals surface area contributed by atoms with E-state index in [0.29, 0.717) is 34.8 Å². The van der Waals surface area contributed by atoms with E-state index < -0.39 is 0 Å². The molecule has 0 radical (unpaired) electrons. The van der Waals surface area contributed by atoms with E-state index in [4.69, 9.17) is 79.5 Å². The first-order chi connectivity index (χ1) is 36.9. The minimum absolute atomic E-state index is 0. The molecule has 0 saturated carbocycles. The molecular formula is C55H70KNO14S7. The second kappa shape index (κ2) is 43.5. The molecule has 0 aliphatic heterocycles. The summed E-state index contributed by atoms with van der Waals surface area (Å²) in [5, 5.41) is 0. The summed E-state index contributed by atoms with van der Waals surface area (Å²) in [5.74, 6) is 9.16. The number of thiol groups is 1. The second-order valence-electron chi connectivity index (χ2n) is 14.4. The van der Waals surface area contributed by atoms with Crippen LogP contribution in [0.3, 0.4) is 0 Å². The van der Waals surface area contributed by atoms with E-state index in [9.17, 15) is 0 Å². The van der Waals surface area contributed by atoms with E-state index >= 15 is 0 Å². The van der Waals surface area contributed by atoms with Crippen LogP contribution in [-0.4, -0.2) is 107 Å². The Kier molecular flexibility index (Phi) is 41.2. The van der Waals surface area contributed by atoms with Crippen molar-refractivity contribution in [2.75, 3.05) is 104 Å². The number of anilines is 1. The number of aryl methyl sites for hydroxylation is 1. The molecule has 15 nitrogen and oxygen atoms in total. The maximum atomic E-state index is 5.55. The monoisotopic (exact) mass is 1230 g/mol. The van der Waals surface area contributed by atoms with Gasteiger partial charge in [0.15, 0.2) is 0 Å². The maximum absolute atomic E-state index is 5.55. The van der Waals surface area contributed by atoms with E-state index in [2.05, 4.69) is 42.2 Å². The Hall–Kier alpha value is -4.24. The Morgan fingerprint density at radius 1 is 0.410 bits per heavy atom. The predicted octanol–water partition coefficient (Wildman–Crippen LogP) is 10.8. The molecule has 78 heavy (non-hydrogen) atoms. The molecule has 0 atom stereocenters. The fourth-order valence-electron chi connectivity index (χ4n) is 5.53. The SMILES string of the molecule is CCOC(=S)Sc1cc(OC)cc(OC)c1.CCOC(=S)[S-].COc1cc(C)cc(OC)c1.COc1cc(N)cc(OC)c1.COc1cc(OC)cc(SSc2cc(OC)cc(OC)c2)c1.COc1cc(S)cc(OC)c1.[K+]. The number of benzene rings is 6. The molecule has 0 bridgehead atoms. The van der Waals surface area contributed by atoms with Crippen LogP contribution in [0.4, 0.5) is 5.69 Å². The molecule has 0 aromatic heterocycles. The molecule has 0 unspecified atom stereocenters. The van der Waals surface area contributed by atoms with Crippen LogP contribution in [0.1, 0.15) is 19.4 Å². The summed E-state index contributed by atoms with van der Waals surface area (Å²) in [6, 6.07) is 33.7. The molecule has 6 aromatic rings. The molecule has 0 spiro atoms. The fraction of sp³-hybridized carbons (Fsp3) is 0.309. The third kappa shape index (κ3) is 31.5. The first-order valence-electron chi connectivity index (χ1n) is 22.7. The first-order valence-corrected chi connectivity index (χ1v) is 27.4. The van der Waals surface area contributed by atoms with E-state index in [1.807, 2.05) is 106 Å². The Morgan fingerprint density at radius 2 is 0.654 bits per heavy atom. The zero-order valence-electron chi connectivity index (χ0n) is 47.0. The molecule has 6 rings (SSSR count). The molecule has 23 heteroatoms. The topological polar surface area (TPSA) is 155 Å². The number of nitrogen functional groups attached to an aromatic ring is 1. The minimum Gasteiger partial charge on any atom is -0.514 e. The van der Waals surface area contributed by atoms with Gasteiger partial charge in [-0.1, -0.05) is 21.6 Å². The van der Waals surface area contributed by atoms with Gasteiger partial charge in [-0.3, -0.25) is 0 Å². The molecule has 2 N–H and O–H groups in total. The normalized spacial score (nSPS) is 9.38. The van der Waals surface area contributed by atoms with Gasteiger partial charge in [-0.05, 0) is 111 Å². The van der Waals surface area contributed by atoms with Crippen molar-refractivity contribution in [3.8, 4) is 69.0 Å². The van der Waals surface area contributed by atoms with Crippen LogP contribution in [0, 0.1) is 6.92 Å². The number of ether oxygens (including phenoxy) is 14. The summed E-state index contributed by atoms with van der Waals surface area (Å²) >= 11 is 19.4.